The first kappa shape index (κ1) is 33.7. The van der Waals surface area contributed by atoms with Crippen LogP contribution < -0.4 is 21.3 Å². The lowest BCUT2D eigenvalue weighted by Crippen LogP contribution is -2.42. The Hall–Kier alpha value is -5.17. The molecular formula is C33H43N11O2. The maximum absolute atomic E-state index is 13.6. The molecule has 2 aliphatic rings. The Kier molecular flexibility index (Phi) is 11.5. The van der Waals surface area contributed by atoms with Gasteiger partial charge in [0.2, 0.25) is 11.8 Å². The minimum Gasteiger partial charge on any atom is -0.397 e. The largest absolute Gasteiger partial charge is 0.397 e. The van der Waals surface area contributed by atoms with Gasteiger partial charge >= 0.3 is 0 Å². The summed E-state index contributed by atoms with van der Waals surface area (Å²) in [7, 11) is 3.44. The molecule has 0 spiro atoms. The molecule has 2 aliphatic heterocycles. The molecule has 0 bridgehead atoms. The molecule has 4 rings (SSSR count). The number of anilines is 2. The van der Waals surface area contributed by atoms with Crippen LogP contribution in [0.2, 0.25) is 0 Å². The lowest BCUT2D eigenvalue weighted by molar-refractivity contribution is -0.132. The van der Waals surface area contributed by atoms with E-state index >= 15 is 0 Å². The predicted octanol–water partition coefficient (Wildman–Crippen LogP) is 2.35. The fraction of sp³-hybridized carbons (Fsp3) is 0.364. The number of allylic oxidation sites excluding steroid dienone is 1. The normalized spacial score (nSPS) is 16.8. The lowest BCUT2D eigenvalue weighted by atomic mass is 9.98. The lowest BCUT2D eigenvalue weighted by Gasteiger charge is -2.29. The summed E-state index contributed by atoms with van der Waals surface area (Å²) in [5, 5.41) is 30.1. The number of carbonyl (C=O) groups is 2. The van der Waals surface area contributed by atoms with Gasteiger partial charge in [-0.1, -0.05) is 30.3 Å². The molecule has 7 N–H and O–H groups in total. The van der Waals surface area contributed by atoms with Crippen molar-refractivity contribution in [3.05, 3.63) is 71.6 Å². The number of nitrogens with two attached hydrogens (primary N) is 1. The molecule has 0 unspecified atom stereocenters. The van der Waals surface area contributed by atoms with Crippen molar-refractivity contribution in [2.75, 3.05) is 64.0 Å². The van der Waals surface area contributed by atoms with Crippen molar-refractivity contribution in [2.24, 2.45) is 10.9 Å². The summed E-state index contributed by atoms with van der Waals surface area (Å²) in [6.45, 7) is 4.78. The number of benzene rings is 1. The quantitative estimate of drug-likeness (QED) is 0.154. The number of hydrogen-bond donors (Lipinski definition) is 6. The molecule has 13 nitrogen and oxygen atoms in total. The van der Waals surface area contributed by atoms with Gasteiger partial charge in [-0.25, -0.2) is 9.98 Å². The first-order valence-electron chi connectivity index (χ1n) is 15.3. The molecule has 1 atom stereocenters. The van der Waals surface area contributed by atoms with Crippen LogP contribution in [-0.4, -0.2) is 104 Å². The number of likely N-dealkylation sites (tertiary alicyclic amines) is 1. The number of rotatable bonds is 12. The fourth-order valence-electron chi connectivity index (χ4n) is 5.51. The van der Waals surface area contributed by atoms with E-state index in [4.69, 9.17) is 22.0 Å². The third-order valence-corrected chi connectivity index (χ3v) is 8.09. The molecule has 13 heteroatoms. The average molecular weight is 626 g/mol. The van der Waals surface area contributed by atoms with Gasteiger partial charge < -0.3 is 21.3 Å². The number of amides is 2. The van der Waals surface area contributed by atoms with Gasteiger partial charge in [0.05, 0.1) is 30.2 Å². The summed E-state index contributed by atoms with van der Waals surface area (Å²) in [4.78, 5) is 40.8. The Labute approximate surface area is 269 Å². The van der Waals surface area contributed by atoms with Gasteiger partial charge in [-0.2, -0.15) is 0 Å². The zero-order valence-corrected chi connectivity index (χ0v) is 26.6. The number of carbonyl (C=O) groups excluding carboxylic acids is 2. The van der Waals surface area contributed by atoms with E-state index in [1.165, 1.54) is 18.0 Å². The van der Waals surface area contributed by atoms with Crippen LogP contribution in [0.25, 0.3) is 5.57 Å². The SMILES string of the molecule is CCN(C(=O)[C@@H]1CCN(CC(=O)N2CC=C(c3ccc(C(=N)/N=C\NC)cc3)CC2)C1)c1ccc(N)c(C(=N)C(=N)/C=C\NC)n1. The highest BCUT2D eigenvalue weighted by Gasteiger charge is 2.34. The zero-order chi connectivity index (χ0) is 33.2. The highest BCUT2D eigenvalue weighted by Crippen LogP contribution is 2.26. The van der Waals surface area contributed by atoms with Gasteiger partial charge in [-0.15, -0.1) is 0 Å². The predicted molar refractivity (Wildman–Crippen MR) is 184 cm³/mol. The van der Waals surface area contributed by atoms with Crippen LogP contribution in [-0.2, 0) is 9.59 Å². The monoisotopic (exact) mass is 625 g/mol. The molecule has 2 amide bonds. The van der Waals surface area contributed by atoms with E-state index in [0.717, 1.165) is 17.5 Å². The molecule has 2 aromatic rings. The number of amidine groups is 1. The van der Waals surface area contributed by atoms with Gasteiger partial charge in [0.1, 0.15) is 17.2 Å². The van der Waals surface area contributed by atoms with Gasteiger partial charge in [0.25, 0.3) is 0 Å². The van der Waals surface area contributed by atoms with Crippen LogP contribution in [0.3, 0.4) is 0 Å². The minimum atomic E-state index is -0.284. The number of nitrogens with zero attached hydrogens (tertiary/aromatic N) is 5. The van der Waals surface area contributed by atoms with Crippen LogP contribution in [0, 0.1) is 22.1 Å². The molecule has 1 aromatic heterocycles. The van der Waals surface area contributed by atoms with E-state index in [2.05, 4.69) is 26.7 Å². The van der Waals surface area contributed by atoms with Crippen molar-refractivity contribution < 1.29 is 9.59 Å². The average Bonchev–Trinajstić information content (AvgIpc) is 3.55. The van der Waals surface area contributed by atoms with E-state index in [9.17, 15) is 9.59 Å². The first-order chi connectivity index (χ1) is 22.2. The van der Waals surface area contributed by atoms with Gasteiger partial charge in [-0.3, -0.25) is 35.6 Å². The Bertz CT molecular complexity index is 1560. The topological polar surface area (TPSA) is 191 Å². The van der Waals surface area contributed by atoms with E-state index in [1.807, 2.05) is 41.0 Å². The molecule has 1 saturated heterocycles. The van der Waals surface area contributed by atoms with Crippen molar-refractivity contribution in [3.8, 4) is 0 Å². The summed E-state index contributed by atoms with van der Waals surface area (Å²) in [5.41, 5.74) is 9.29. The summed E-state index contributed by atoms with van der Waals surface area (Å²) in [6, 6.07) is 11.0. The molecule has 1 aromatic carbocycles. The number of aromatic nitrogens is 1. The van der Waals surface area contributed by atoms with E-state index < -0.39 is 0 Å². The maximum atomic E-state index is 13.6. The van der Waals surface area contributed by atoms with Gasteiger partial charge in [0.15, 0.2) is 5.84 Å². The highest BCUT2D eigenvalue weighted by atomic mass is 16.2. The number of nitrogen functional groups attached to an aromatic ring is 1. The van der Waals surface area contributed by atoms with Crippen LogP contribution in [0.5, 0.6) is 0 Å². The van der Waals surface area contributed by atoms with Gasteiger partial charge in [0, 0.05) is 45.8 Å². The van der Waals surface area contributed by atoms with E-state index in [0.29, 0.717) is 45.0 Å². The second-order valence-corrected chi connectivity index (χ2v) is 11.1. The van der Waals surface area contributed by atoms with Crippen molar-refractivity contribution in [1.29, 1.82) is 16.2 Å². The molecule has 0 aliphatic carbocycles. The Morgan fingerprint density at radius 1 is 1.11 bits per heavy atom. The Morgan fingerprint density at radius 3 is 2.52 bits per heavy atom. The molecule has 0 radical (unpaired) electrons. The number of hydrogen-bond acceptors (Lipinski definition) is 9. The Morgan fingerprint density at radius 2 is 1.87 bits per heavy atom. The zero-order valence-electron chi connectivity index (χ0n) is 26.6. The molecule has 3 heterocycles. The van der Waals surface area contributed by atoms with Crippen LogP contribution in [0.15, 0.2) is 59.7 Å². The van der Waals surface area contributed by atoms with E-state index in [-0.39, 0.29) is 52.9 Å². The molecule has 46 heavy (non-hydrogen) atoms. The van der Waals surface area contributed by atoms with Crippen LogP contribution in [0.1, 0.15) is 36.6 Å². The van der Waals surface area contributed by atoms with E-state index in [1.54, 1.807) is 37.3 Å². The smallest absolute Gasteiger partial charge is 0.237 e. The van der Waals surface area contributed by atoms with Crippen molar-refractivity contribution in [3.63, 3.8) is 0 Å². The summed E-state index contributed by atoms with van der Waals surface area (Å²) < 4.78 is 0. The van der Waals surface area contributed by atoms with Crippen LogP contribution in [0.4, 0.5) is 11.5 Å². The first-order valence-corrected chi connectivity index (χ1v) is 15.3. The second-order valence-electron chi connectivity index (χ2n) is 11.1. The highest BCUT2D eigenvalue weighted by molar-refractivity contribution is 6.50. The summed E-state index contributed by atoms with van der Waals surface area (Å²) >= 11 is 0. The molecular weight excluding hydrogens is 582 g/mol. The fourth-order valence-corrected chi connectivity index (χ4v) is 5.51. The summed E-state index contributed by atoms with van der Waals surface area (Å²) in [6.07, 6.45) is 7.94. The molecule has 1 fully saturated rings. The second kappa shape index (κ2) is 15.7. The van der Waals surface area contributed by atoms with Crippen molar-refractivity contribution in [1.82, 2.24) is 25.4 Å². The van der Waals surface area contributed by atoms with Crippen molar-refractivity contribution in [2.45, 2.75) is 19.8 Å². The summed E-state index contributed by atoms with van der Waals surface area (Å²) in [5.74, 6) is 0.242. The third-order valence-electron chi connectivity index (χ3n) is 8.09. The molecule has 0 saturated carbocycles. The van der Waals surface area contributed by atoms with Crippen molar-refractivity contribution >= 4 is 52.5 Å². The third kappa shape index (κ3) is 8.10. The maximum Gasteiger partial charge on any atom is 0.237 e. The number of pyridine rings is 1. The number of nitrogens with one attached hydrogen (secondary N) is 5. The van der Waals surface area contributed by atoms with Gasteiger partial charge in [-0.05, 0) is 61.9 Å². The molecule has 242 valence electrons. The van der Waals surface area contributed by atoms with Crippen LogP contribution >= 0.6 is 0 Å². The number of aliphatic imine (C=N–C) groups is 1. The minimum absolute atomic E-state index is 0.0417. The Balaban J connectivity index is 1.32. The standard InChI is InChI=1S/C33H43N11O2/c1-4-44(28-10-9-27(35)31(41-28)30(36)26(34)11-15-38-2)33(46)25-12-16-42(19-25)20-29(45)43-17-13-23(14-18-43)22-5-7-24(8-6-22)32(37)40-21-39-3/h5-11,13,15,21,25,34,36,38H,4,12,14,16-20,35H2,1-3H3,(H2,37,39,40)/b15-11-,34-26?,36-30?/t25-/m1/s1.